The molecule has 0 atom stereocenters. The molecular formula is C20H16FN3O. The van der Waals surface area contributed by atoms with Crippen molar-refractivity contribution in [1.29, 1.82) is 0 Å². The van der Waals surface area contributed by atoms with Crippen LogP contribution in [0.2, 0.25) is 0 Å². The van der Waals surface area contributed by atoms with Gasteiger partial charge in [-0.05, 0) is 17.2 Å². The van der Waals surface area contributed by atoms with Crippen LogP contribution in [0.15, 0.2) is 71.8 Å². The van der Waals surface area contributed by atoms with E-state index in [0.717, 1.165) is 28.1 Å². The van der Waals surface area contributed by atoms with E-state index < -0.39 is 5.82 Å². The van der Waals surface area contributed by atoms with E-state index in [1.807, 2.05) is 53.2 Å². The van der Waals surface area contributed by atoms with Crippen LogP contribution in [0.3, 0.4) is 0 Å². The Morgan fingerprint density at radius 1 is 1.08 bits per heavy atom. The molecule has 0 spiro atoms. The predicted octanol–water partition coefficient (Wildman–Crippen LogP) is 3.59. The number of pyridine rings is 1. The van der Waals surface area contributed by atoms with Crippen LogP contribution in [0.4, 0.5) is 4.39 Å². The Balaban J connectivity index is 1.81. The summed E-state index contributed by atoms with van der Waals surface area (Å²) in [6.45, 7) is 0.642. The Labute approximate surface area is 143 Å². The zero-order chi connectivity index (χ0) is 17.4. The fourth-order valence-electron chi connectivity index (χ4n) is 2.94. The van der Waals surface area contributed by atoms with Crippen molar-refractivity contribution in [2.75, 3.05) is 0 Å². The zero-order valence-corrected chi connectivity index (χ0v) is 13.7. The van der Waals surface area contributed by atoms with Crippen molar-refractivity contribution in [2.24, 2.45) is 7.05 Å². The SMILES string of the molecule is Cn1cc(-c2ccc3cnn(Cc4ccccc4)c3c2)c(F)cc1=O. The highest BCUT2D eigenvalue weighted by atomic mass is 19.1. The molecule has 2 heterocycles. The van der Waals surface area contributed by atoms with E-state index in [-0.39, 0.29) is 5.56 Å². The molecule has 0 aliphatic rings. The minimum atomic E-state index is -0.517. The van der Waals surface area contributed by atoms with Crippen molar-refractivity contribution in [3.05, 3.63) is 88.7 Å². The van der Waals surface area contributed by atoms with Gasteiger partial charge in [-0.3, -0.25) is 9.48 Å². The first kappa shape index (κ1) is 15.3. The molecule has 4 nitrogen and oxygen atoms in total. The number of benzene rings is 2. The molecule has 4 rings (SSSR count). The Bertz CT molecular complexity index is 1110. The summed E-state index contributed by atoms with van der Waals surface area (Å²) in [6, 6.07) is 16.7. The van der Waals surface area contributed by atoms with Crippen LogP contribution in [0.5, 0.6) is 0 Å². The van der Waals surface area contributed by atoms with Gasteiger partial charge in [-0.15, -0.1) is 0 Å². The highest BCUT2D eigenvalue weighted by molar-refractivity contribution is 5.84. The lowest BCUT2D eigenvalue weighted by Gasteiger charge is -2.08. The van der Waals surface area contributed by atoms with Gasteiger partial charge in [0.2, 0.25) is 0 Å². The van der Waals surface area contributed by atoms with Crippen LogP contribution in [0, 0.1) is 5.82 Å². The van der Waals surface area contributed by atoms with Gasteiger partial charge in [0.1, 0.15) is 5.82 Å². The van der Waals surface area contributed by atoms with Crippen LogP contribution in [-0.4, -0.2) is 14.3 Å². The number of halogens is 1. The predicted molar refractivity (Wildman–Crippen MR) is 95.9 cm³/mol. The second-order valence-corrected chi connectivity index (χ2v) is 6.05. The molecule has 0 saturated heterocycles. The average molecular weight is 333 g/mol. The summed E-state index contributed by atoms with van der Waals surface area (Å²) in [5.41, 5.74) is 2.82. The van der Waals surface area contributed by atoms with E-state index in [4.69, 9.17) is 0 Å². The monoisotopic (exact) mass is 333 g/mol. The first-order valence-electron chi connectivity index (χ1n) is 7.98. The molecule has 0 amide bonds. The Hall–Kier alpha value is -3.21. The summed E-state index contributed by atoms with van der Waals surface area (Å²) in [5.74, 6) is -0.517. The molecule has 2 aromatic heterocycles. The smallest absolute Gasteiger partial charge is 0.253 e. The molecule has 124 valence electrons. The molecule has 2 aromatic carbocycles. The Kier molecular flexibility index (Phi) is 3.69. The molecule has 5 heteroatoms. The molecule has 0 unspecified atom stereocenters. The van der Waals surface area contributed by atoms with Gasteiger partial charge in [-0.1, -0.05) is 42.5 Å². The molecular weight excluding hydrogens is 317 g/mol. The molecule has 0 aliphatic heterocycles. The van der Waals surface area contributed by atoms with E-state index in [1.54, 1.807) is 13.2 Å². The van der Waals surface area contributed by atoms with Gasteiger partial charge >= 0.3 is 0 Å². The van der Waals surface area contributed by atoms with Crippen LogP contribution in [-0.2, 0) is 13.6 Å². The third-order valence-corrected chi connectivity index (χ3v) is 4.31. The molecule has 0 fully saturated rings. The maximum absolute atomic E-state index is 14.3. The summed E-state index contributed by atoms with van der Waals surface area (Å²) < 4.78 is 17.5. The largest absolute Gasteiger partial charge is 0.318 e. The highest BCUT2D eigenvalue weighted by Gasteiger charge is 2.10. The summed E-state index contributed by atoms with van der Waals surface area (Å²) in [5, 5.41) is 5.44. The number of aromatic nitrogens is 3. The van der Waals surface area contributed by atoms with Crippen LogP contribution in [0.25, 0.3) is 22.0 Å². The van der Waals surface area contributed by atoms with E-state index in [1.165, 1.54) is 10.8 Å². The summed E-state index contributed by atoms with van der Waals surface area (Å²) >= 11 is 0. The van der Waals surface area contributed by atoms with Gasteiger partial charge in [0.25, 0.3) is 5.56 Å². The fraction of sp³-hybridized carbons (Fsp3) is 0.100. The molecule has 4 aromatic rings. The summed E-state index contributed by atoms with van der Waals surface area (Å²) in [4.78, 5) is 11.6. The number of rotatable bonds is 3. The molecule has 0 bridgehead atoms. The first-order chi connectivity index (χ1) is 12.1. The van der Waals surface area contributed by atoms with Crippen molar-refractivity contribution >= 4 is 10.9 Å². The van der Waals surface area contributed by atoms with Crippen LogP contribution in [0.1, 0.15) is 5.56 Å². The minimum absolute atomic E-state index is 0.364. The third kappa shape index (κ3) is 2.85. The first-order valence-corrected chi connectivity index (χ1v) is 7.98. The molecule has 25 heavy (non-hydrogen) atoms. The molecule has 0 N–H and O–H groups in total. The van der Waals surface area contributed by atoms with Gasteiger partial charge in [0.15, 0.2) is 0 Å². The van der Waals surface area contributed by atoms with Crippen molar-refractivity contribution in [1.82, 2.24) is 14.3 Å². The maximum Gasteiger partial charge on any atom is 0.253 e. The molecule has 0 saturated carbocycles. The van der Waals surface area contributed by atoms with Crippen LogP contribution >= 0.6 is 0 Å². The summed E-state index contributed by atoms with van der Waals surface area (Å²) in [7, 11) is 1.61. The number of nitrogens with zero attached hydrogens (tertiary/aromatic N) is 3. The number of fused-ring (bicyclic) bond motifs is 1. The van der Waals surface area contributed by atoms with E-state index in [0.29, 0.717) is 12.1 Å². The lowest BCUT2D eigenvalue weighted by molar-refractivity contribution is 0.620. The Morgan fingerprint density at radius 3 is 2.68 bits per heavy atom. The second kappa shape index (κ2) is 6.02. The lowest BCUT2D eigenvalue weighted by Crippen LogP contribution is -2.16. The second-order valence-electron chi connectivity index (χ2n) is 6.05. The van der Waals surface area contributed by atoms with Crippen molar-refractivity contribution in [3.63, 3.8) is 0 Å². The van der Waals surface area contributed by atoms with Crippen molar-refractivity contribution in [2.45, 2.75) is 6.54 Å². The van der Waals surface area contributed by atoms with Gasteiger partial charge < -0.3 is 4.57 Å². The minimum Gasteiger partial charge on any atom is -0.318 e. The molecule has 0 radical (unpaired) electrons. The van der Waals surface area contributed by atoms with Crippen LogP contribution < -0.4 is 5.56 Å². The van der Waals surface area contributed by atoms with Gasteiger partial charge in [0.05, 0.1) is 18.3 Å². The molecule has 0 aliphatic carbocycles. The van der Waals surface area contributed by atoms with Crippen molar-refractivity contribution in [3.8, 4) is 11.1 Å². The van der Waals surface area contributed by atoms with Gasteiger partial charge in [0, 0.05) is 30.3 Å². The summed E-state index contributed by atoms with van der Waals surface area (Å²) in [6.07, 6.45) is 3.33. The van der Waals surface area contributed by atoms with E-state index in [2.05, 4.69) is 5.10 Å². The topological polar surface area (TPSA) is 39.8 Å². The van der Waals surface area contributed by atoms with E-state index >= 15 is 0 Å². The van der Waals surface area contributed by atoms with Crippen molar-refractivity contribution < 1.29 is 4.39 Å². The number of aryl methyl sites for hydroxylation is 1. The Morgan fingerprint density at radius 2 is 1.88 bits per heavy atom. The standard InChI is InChI=1S/C20H16FN3O/c1-23-13-17(18(21)10-20(23)25)15-7-8-16-11-22-24(19(16)9-15)12-14-5-3-2-4-6-14/h2-11,13H,12H2,1H3. The van der Waals surface area contributed by atoms with Gasteiger partial charge in [-0.25, -0.2) is 4.39 Å². The van der Waals surface area contributed by atoms with Gasteiger partial charge in [-0.2, -0.15) is 5.10 Å². The number of hydrogen-bond donors (Lipinski definition) is 0. The maximum atomic E-state index is 14.3. The fourth-order valence-corrected chi connectivity index (χ4v) is 2.94. The average Bonchev–Trinajstić information content (AvgIpc) is 3.01. The zero-order valence-electron chi connectivity index (χ0n) is 13.7. The number of hydrogen-bond acceptors (Lipinski definition) is 2. The quantitative estimate of drug-likeness (QED) is 0.575. The lowest BCUT2D eigenvalue weighted by atomic mass is 10.1. The third-order valence-electron chi connectivity index (χ3n) is 4.31. The normalized spacial score (nSPS) is 11.1. The van der Waals surface area contributed by atoms with E-state index in [9.17, 15) is 9.18 Å². The highest BCUT2D eigenvalue weighted by Crippen LogP contribution is 2.26.